The second-order valence-electron chi connectivity index (χ2n) is 3.29. The van der Waals surface area contributed by atoms with E-state index in [-0.39, 0.29) is 0 Å². The van der Waals surface area contributed by atoms with E-state index in [1.54, 1.807) is 6.21 Å². The first-order chi connectivity index (χ1) is 5.85. The van der Waals surface area contributed by atoms with Crippen molar-refractivity contribution in [3.63, 3.8) is 0 Å². The Labute approximate surface area is 75.7 Å². The minimum absolute atomic E-state index is 0.822. The van der Waals surface area contributed by atoms with E-state index in [0.29, 0.717) is 0 Å². The maximum atomic E-state index is 8.20. The highest BCUT2D eigenvalue weighted by Gasteiger charge is 2.03. The van der Waals surface area contributed by atoms with Gasteiger partial charge in [-0.25, -0.2) is 0 Å². The number of rotatable bonds is 7. The molecule has 1 unspecified atom stereocenters. The topological polar surface area (TPSA) is 32.6 Å². The van der Waals surface area contributed by atoms with Crippen molar-refractivity contribution in [3.8, 4) is 0 Å². The van der Waals surface area contributed by atoms with Crippen molar-refractivity contribution >= 4 is 6.21 Å². The summed E-state index contributed by atoms with van der Waals surface area (Å²) in [7, 11) is 0. The molecule has 2 nitrogen and oxygen atoms in total. The number of oxime groups is 1. The summed E-state index contributed by atoms with van der Waals surface area (Å²) in [5.74, 6) is 0.822. The van der Waals surface area contributed by atoms with Crippen molar-refractivity contribution in [3.05, 3.63) is 0 Å². The molecule has 0 aromatic rings. The highest BCUT2D eigenvalue weighted by atomic mass is 16.4. The van der Waals surface area contributed by atoms with Gasteiger partial charge < -0.3 is 5.21 Å². The summed E-state index contributed by atoms with van der Waals surface area (Å²) in [6.45, 7) is 4.46. The number of unbranched alkanes of at least 4 members (excludes halogenated alkanes) is 1. The van der Waals surface area contributed by atoms with Crippen LogP contribution in [0.25, 0.3) is 0 Å². The summed E-state index contributed by atoms with van der Waals surface area (Å²) in [5, 5.41) is 11.2. The van der Waals surface area contributed by atoms with Gasteiger partial charge in [-0.1, -0.05) is 39.5 Å². The molecule has 1 atom stereocenters. The van der Waals surface area contributed by atoms with E-state index in [1.165, 1.54) is 32.1 Å². The van der Waals surface area contributed by atoms with Crippen LogP contribution in [-0.4, -0.2) is 11.4 Å². The van der Waals surface area contributed by atoms with Crippen LogP contribution in [0.3, 0.4) is 0 Å². The van der Waals surface area contributed by atoms with Gasteiger partial charge in [-0.15, -0.1) is 5.16 Å². The van der Waals surface area contributed by atoms with Gasteiger partial charge in [0.05, 0.1) is 0 Å². The van der Waals surface area contributed by atoms with Crippen LogP contribution in [-0.2, 0) is 0 Å². The largest absolute Gasteiger partial charge is 0.411 e. The van der Waals surface area contributed by atoms with Crippen LogP contribution in [0.1, 0.15) is 52.4 Å². The third-order valence-corrected chi connectivity index (χ3v) is 2.33. The average Bonchev–Trinajstić information content (AvgIpc) is 2.11. The Hall–Kier alpha value is -0.530. The van der Waals surface area contributed by atoms with Crippen LogP contribution >= 0.6 is 0 Å². The Morgan fingerprint density at radius 2 is 2.08 bits per heavy atom. The van der Waals surface area contributed by atoms with Gasteiger partial charge in [0.1, 0.15) is 0 Å². The van der Waals surface area contributed by atoms with Gasteiger partial charge in [0.25, 0.3) is 0 Å². The molecule has 0 spiro atoms. The van der Waals surface area contributed by atoms with Crippen molar-refractivity contribution < 1.29 is 5.21 Å². The van der Waals surface area contributed by atoms with E-state index in [2.05, 4.69) is 19.0 Å². The molecule has 0 bridgehead atoms. The first-order valence-corrected chi connectivity index (χ1v) is 5.01. The van der Waals surface area contributed by atoms with Crippen LogP contribution in [0.2, 0.25) is 0 Å². The molecule has 0 radical (unpaired) electrons. The molecule has 0 heterocycles. The van der Waals surface area contributed by atoms with E-state index in [9.17, 15) is 0 Å². The van der Waals surface area contributed by atoms with Crippen LogP contribution < -0.4 is 0 Å². The Kier molecular flexibility index (Phi) is 8.19. The van der Waals surface area contributed by atoms with Crippen molar-refractivity contribution in [2.24, 2.45) is 11.1 Å². The van der Waals surface area contributed by atoms with Crippen molar-refractivity contribution in [2.45, 2.75) is 52.4 Å². The van der Waals surface area contributed by atoms with Crippen LogP contribution in [0, 0.1) is 5.92 Å². The van der Waals surface area contributed by atoms with Crippen LogP contribution in [0.15, 0.2) is 5.16 Å². The molecule has 2 heteroatoms. The summed E-state index contributed by atoms with van der Waals surface area (Å²) >= 11 is 0. The second-order valence-corrected chi connectivity index (χ2v) is 3.29. The average molecular weight is 171 g/mol. The molecule has 0 amide bonds. The lowest BCUT2D eigenvalue weighted by Crippen LogP contribution is -1.98. The van der Waals surface area contributed by atoms with Gasteiger partial charge >= 0.3 is 0 Å². The predicted molar refractivity (Wildman–Crippen MR) is 52.8 cm³/mol. The quantitative estimate of drug-likeness (QED) is 0.355. The molecule has 72 valence electrons. The van der Waals surface area contributed by atoms with Gasteiger partial charge in [-0.05, 0) is 18.8 Å². The molecule has 12 heavy (non-hydrogen) atoms. The van der Waals surface area contributed by atoms with E-state index >= 15 is 0 Å². The smallest absolute Gasteiger partial charge is 0.0436 e. The van der Waals surface area contributed by atoms with E-state index in [4.69, 9.17) is 5.21 Å². The summed E-state index contributed by atoms with van der Waals surface area (Å²) in [4.78, 5) is 0. The zero-order chi connectivity index (χ0) is 9.23. The maximum absolute atomic E-state index is 8.20. The molecule has 0 aliphatic heterocycles. The lowest BCUT2D eigenvalue weighted by molar-refractivity contribution is 0.319. The Morgan fingerprint density at radius 3 is 2.58 bits per heavy atom. The molecular weight excluding hydrogens is 150 g/mol. The lowest BCUT2D eigenvalue weighted by Gasteiger charge is -2.11. The first-order valence-electron chi connectivity index (χ1n) is 5.01. The number of nitrogens with zero attached hydrogens (tertiary/aromatic N) is 1. The third-order valence-electron chi connectivity index (χ3n) is 2.33. The molecule has 0 aromatic carbocycles. The van der Waals surface area contributed by atoms with Gasteiger partial charge in [-0.3, -0.25) is 0 Å². The standard InChI is InChI=1S/C10H21NO/c1-3-5-7-10(4-2)8-6-9-11-12/h9-10,12H,3-8H2,1-2H3. The Morgan fingerprint density at radius 1 is 1.33 bits per heavy atom. The second kappa shape index (κ2) is 8.57. The Bertz CT molecular complexity index is 112. The van der Waals surface area contributed by atoms with Gasteiger partial charge in [0, 0.05) is 6.21 Å². The number of hydrogen-bond acceptors (Lipinski definition) is 2. The zero-order valence-corrected chi connectivity index (χ0v) is 8.29. The molecule has 0 aliphatic carbocycles. The molecule has 0 aliphatic rings. The minimum Gasteiger partial charge on any atom is -0.411 e. The SMILES string of the molecule is CCCCC(CC)CCC=NO. The monoisotopic (exact) mass is 171 g/mol. The first kappa shape index (κ1) is 11.5. The van der Waals surface area contributed by atoms with Gasteiger partial charge in [0.2, 0.25) is 0 Å². The van der Waals surface area contributed by atoms with E-state index in [0.717, 1.165) is 12.3 Å². The fourth-order valence-corrected chi connectivity index (χ4v) is 1.41. The summed E-state index contributed by atoms with van der Waals surface area (Å²) in [6, 6.07) is 0. The molecule has 1 N–H and O–H groups in total. The number of hydrogen-bond donors (Lipinski definition) is 1. The minimum atomic E-state index is 0.822. The summed E-state index contributed by atoms with van der Waals surface area (Å²) < 4.78 is 0. The highest BCUT2D eigenvalue weighted by Crippen LogP contribution is 2.17. The molecule has 0 aromatic heterocycles. The summed E-state index contributed by atoms with van der Waals surface area (Å²) in [6.07, 6.45) is 8.86. The van der Waals surface area contributed by atoms with E-state index in [1.807, 2.05) is 0 Å². The van der Waals surface area contributed by atoms with Crippen molar-refractivity contribution in [1.82, 2.24) is 0 Å². The molecule has 0 fully saturated rings. The lowest BCUT2D eigenvalue weighted by atomic mass is 9.95. The fraction of sp³-hybridized carbons (Fsp3) is 0.900. The van der Waals surface area contributed by atoms with Crippen LogP contribution in [0.5, 0.6) is 0 Å². The normalized spacial score (nSPS) is 13.8. The highest BCUT2D eigenvalue weighted by molar-refractivity contribution is 5.55. The van der Waals surface area contributed by atoms with Crippen molar-refractivity contribution in [1.29, 1.82) is 0 Å². The molecule has 0 saturated carbocycles. The van der Waals surface area contributed by atoms with Crippen molar-refractivity contribution in [2.75, 3.05) is 0 Å². The predicted octanol–water partition coefficient (Wildman–Crippen LogP) is 3.44. The fourth-order valence-electron chi connectivity index (χ4n) is 1.41. The van der Waals surface area contributed by atoms with Gasteiger partial charge in [-0.2, -0.15) is 0 Å². The van der Waals surface area contributed by atoms with E-state index < -0.39 is 0 Å². The van der Waals surface area contributed by atoms with Crippen LogP contribution in [0.4, 0.5) is 0 Å². The molecular formula is C10H21NO. The maximum Gasteiger partial charge on any atom is 0.0436 e. The van der Waals surface area contributed by atoms with Gasteiger partial charge in [0.15, 0.2) is 0 Å². The third kappa shape index (κ3) is 6.20. The Balaban J connectivity index is 3.39. The molecule has 0 rings (SSSR count). The molecule has 0 saturated heterocycles. The summed E-state index contributed by atoms with van der Waals surface area (Å²) in [5.41, 5.74) is 0. The zero-order valence-electron chi connectivity index (χ0n) is 8.29.